The Morgan fingerprint density at radius 2 is 1.93 bits per heavy atom. The van der Waals surface area contributed by atoms with Crippen LogP contribution in [0.1, 0.15) is 48.1 Å². The molecule has 0 aliphatic heterocycles. The molecular formula is C19H18F3N3O3. The topological polar surface area (TPSA) is 81.2 Å². The molecule has 2 unspecified atom stereocenters. The van der Waals surface area contributed by atoms with Gasteiger partial charge in [-0.25, -0.2) is 0 Å². The average Bonchev–Trinajstić information content (AvgIpc) is 3.36. The molecule has 0 spiro atoms. The van der Waals surface area contributed by atoms with Crippen molar-refractivity contribution in [1.82, 2.24) is 15.5 Å². The van der Waals surface area contributed by atoms with Crippen LogP contribution in [0.2, 0.25) is 0 Å². The van der Waals surface area contributed by atoms with Crippen molar-refractivity contribution in [3.8, 4) is 11.6 Å². The maximum Gasteiger partial charge on any atom is 0.416 e. The molecule has 2 atom stereocenters. The molecule has 1 aromatic carbocycles. The highest BCUT2D eigenvalue weighted by atomic mass is 19.4. The minimum Gasteiger partial charge on any atom is -0.461 e. The molecule has 1 amide bonds. The standard InChI is InChI=1S/C19H18F3N3O3/c1-3-11(2)15(18-24-16(25-28-18)14-5-4-10-27-14)23-17(26)12-6-8-13(9-7-12)19(20,21)22/h4-11,15H,3H2,1-2H3,(H,23,26). The fourth-order valence-electron chi connectivity index (χ4n) is 2.59. The quantitative estimate of drug-likeness (QED) is 0.646. The van der Waals surface area contributed by atoms with Crippen LogP contribution in [0.15, 0.2) is 51.6 Å². The summed E-state index contributed by atoms with van der Waals surface area (Å²) in [5.41, 5.74) is -0.713. The van der Waals surface area contributed by atoms with Crippen molar-refractivity contribution >= 4 is 5.91 Å². The van der Waals surface area contributed by atoms with E-state index in [1.54, 1.807) is 12.1 Å². The van der Waals surface area contributed by atoms with Gasteiger partial charge in [0.15, 0.2) is 5.76 Å². The fourth-order valence-corrected chi connectivity index (χ4v) is 2.59. The second-order valence-corrected chi connectivity index (χ2v) is 6.35. The van der Waals surface area contributed by atoms with Gasteiger partial charge in [0, 0.05) is 5.56 Å². The van der Waals surface area contributed by atoms with Gasteiger partial charge in [-0.2, -0.15) is 18.2 Å². The second-order valence-electron chi connectivity index (χ2n) is 6.35. The van der Waals surface area contributed by atoms with Crippen molar-refractivity contribution in [2.75, 3.05) is 0 Å². The maximum absolute atomic E-state index is 12.7. The lowest BCUT2D eigenvalue weighted by atomic mass is 9.98. The minimum absolute atomic E-state index is 0.0525. The molecule has 0 fully saturated rings. The van der Waals surface area contributed by atoms with Crippen molar-refractivity contribution in [2.24, 2.45) is 5.92 Å². The highest BCUT2D eigenvalue weighted by Crippen LogP contribution is 2.30. The van der Waals surface area contributed by atoms with Gasteiger partial charge in [0.25, 0.3) is 5.91 Å². The first kappa shape index (κ1) is 19.7. The molecule has 0 aliphatic rings. The Morgan fingerprint density at radius 1 is 1.21 bits per heavy atom. The SMILES string of the molecule is CCC(C)C(NC(=O)c1ccc(C(F)(F)F)cc1)c1nc(-c2ccco2)no1. The van der Waals surface area contributed by atoms with Crippen LogP contribution in [0.3, 0.4) is 0 Å². The van der Waals surface area contributed by atoms with Crippen LogP contribution in [0.4, 0.5) is 13.2 Å². The Labute approximate surface area is 158 Å². The summed E-state index contributed by atoms with van der Waals surface area (Å²) >= 11 is 0. The Kier molecular flexibility index (Phi) is 5.53. The van der Waals surface area contributed by atoms with Gasteiger partial charge < -0.3 is 14.3 Å². The number of rotatable bonds is 6. The summed E-state index contributed by atoms with van der Waals surface area (Å²) in [6.07, 6.45) is -2.28. The monoisotopic (exact) mass is 393 g/mol. The number of nitrogens with zero attached hydrogens (tertiary/aromatic N) is 2. The first-order valence-electron chi connectivity index (χ1n) is 8.65. The van der Waals surface area contributed by atoms with E-state index in [0.29, 0.717) is 12.2 Å². The van der Waals surface area contributed by atoms with E-state index in [-0.39, 0.29) is 23.2 Å². The lowest BCUT2D eigenvalue weighted by Crippen LogP contribution is -2.32. The summed E-state index contributed by atoms with van der Waals surface area (Å²) in [5, 5.41) is 6.63. The number of hydrogen-bond donors (Lipinski definition) is 1. The van der Waals surface area contributed by atoms with E-state index in [1.807, 2.05) is 13.8 Å². The highest BCUT2D eigenvalue weighted by molar-refractivity contribution is 5.94. The van der Waals surface area contributed by atoms with Crippen molar-refractivity contribution in [3.05, 3.63) is 59.7 Å². The predicted molar refractivity (Wildman–Crippen MR) is 93.1 cm³/mol. The van der Waals surface area contributed by atoms with E-state index < -0.39 is 23.7 Å². The van der Waals surface area contributed by atoms with Gasteiger partial charge in [0.2, 0.25) is 11.7 Å². The number of amides is 1. The van der Waals surface area contributed by atoms with Crippen molar-refractivity contribution in [1.29, 1.82) is 0 Å². The largest absolute Gasteiger partial charge is 0.461 e. The predicted octanol–water partition coefficient (Wildman–Crippen LogP) is 4.87. The van der Waals surface area contributed by atoms with Gasteiger partial charge in [-0.1, -0.05) is 25.4 Å². The molecule has 1 N–H and O–H groups in total. The second kappa shape index (κ2) is 7.87. The molecule has 0 saturated heterocycles. The smallest absolute Gasteiger partial charge is 0.416 e. The molecule has 0 radical (unpaired) electrons. The molecule has 28 heavy (non-hydrogen) atoms. The van der Waals surface area contributed by atoms with Crippen LogP contribution in [0.5, 0.6) is 0 Å². The first-order chi connectivity index (χ1) is 13.3. The average molecular weight is 393 g/mol. The van der Waals surface area contributed by atoms with Crippen molar-refractivity contribution in [2.45, 2.75) is 32.5 Å². The van der Waals surface area contributed by atoms with Crippen LogP contribution in [-0.2, 0) is 6.18 Å². The molecule has 6 nitrogen and oxygen atoms in total. The zero-order valence-electron chi connectivity index (χ0n) is 15.2. The van der Waals surface area contributed by atoms with E-state index in [2.05, 4.69) is 15.5 Å². The van der Waals surface area contributed by atoms with Crippen molar-refractivity contribution in [3.63, 3.8) is 0 Å². The van der Waals surface area contributed by atoms with E-state index in [9.17, 15) is 18.0 Å². The summed E-state index contributed by atoms with van der Waals surface area (Å²) in [6, 6.07) is 6.76. The molecule has 2 heterocycles. The fraction of sp³-hybridized carbons (Fsp3) is 0.316. The van der Waals surface area contributed by atoms with Crippen molar-refractivity contribution < 1.29 is 26.9 Å². The minimum atomic E-state index is -4.46. The van der Waals surface area contributed by atoms with Gasteiger partial charge in [0.1, 0.15) is 6.04 Å². The molecule has 3 aromatic rings. The van der Waals surface area contributed by atoms with Gasteiger partial charge in [0.05, 0.1) is 11.8 Å². The Morgan fingerprint density at radius 3 is 2.50 bits per heavy atom. The molecule has 9 heteroatoms. The zero-order chi connectivity index (χ0) is 20.3. The number of alkyl halides is 3. The van der Waals surface area contributed by atoms with E-state index in [1.165, 1.54) is 6.26 Å². The number of furan rings is 1. The molecule has 0 aliphatic carbocycles. The number of benzene rings is 1. The Bertz CT molecular complexity index is 918. The van der Waals surface area contributed by atoms with E-state index >= 15 is 0 Å². The van der Waals surface area contributed by atoms with Crippen LogP contribution in [0.25, 0.3) is 11.6 Å². The summed E-state index contributed by atoms with van der Waals surface area (Å²) < 4.78 is 48.6. The number of carbonyl (C=O) groups excluding carboxylic acids is 1. The van der Waals surface area contributed by atoms with Crippen LogP contribution in [0, 0.1) is 5.92 Å². The molecule has 0 bridgehead atoms. The third-order valence-corrected chi connectivity index (χ3v) is 4.42. The number of aromatic nitrogens is 2. The molecular weight excluding hydrogens is 375 g/mol. The zero-order valence-corrected chi connectivity index (χ0v) is 15.2. The highest BCUT2D eigenvalue weighted by Gasteiger charge is 2.31. The van der Waals surface area contributed by atoms with Gasteiger partial charge >= 0.3 is 6.18 Å². The summed E-state index contributed by atoms with van der Waals surface area (Å²) in [4.78, 5) is 16.8. The van der Waals surface area contributed by atoms with Crippen LogP contribution < -0.4 is 5.32 Å². The molecule has 0 saturated carbocycles. The number of carbonyl (C=O) groups is 1. The lowest BCUT2D eigenvalue weighted by molar-refractivity contribution is -0.137. The van der Waals surface area contributed by atoms with Gasteiger partial charge in [-0.3, -0.25) is 4.79 Å². The normalized spacial score (nSPS) is 13.9. The number of halogens is 3. The van der Waals surface area contributed by atoms with Gasteiger partial charge in [-0.15, -0.1) is 0 Å². The van der Waals surface area contributed by atoms with E-state index in [0.717, 1.165) is 24.3 Å². The lowest BCUT2D eigenvalue weighted by Gasteiger charge is -2.20. The molecule has 2 aromatic heterocycles. The maximum atomic E-state index is 12.7. The third kappa shape index (κ3) is 4.24. The van der Waals surface area contributed by atoms with Crippen LogP contribution >= 0.6 is 0 Å². The first-order valence-corrected chi connectivity index (χ1v) is 8.65. The van der Waals surface area contributed by atoms with Crippen LogP contribution in [-0.4, -0.2) is 16.0 Å². The summed E-state index contributed by atoms with van der Waals surface area (Å²) in [7, 11) is 0. The molecule has 3 rings (SSSR count). The summed E-state index contributed by atoms with van der Waals surface area (Å²) in [6.45, 7) is 3.83. The van der Waals surface area contributed by atoms with Gasteiger partial charge in [-0.05, 0) is 42.3 Å². The number of nitrogens with one attached hydrogen (secondary N) is 1. The summed E-state index contributed by atoms with van der Waals surface area (Å²) in [5.74, 6) is 0.283. The third-order valence-electron chi connectivity index (χ3n) is 4.42. The van der Waals surface area contributed by atoms with E-state index in [4.69, 9.17) is 8.94 Å². The number of hydrogen-bond acceptors (Lipinski definition) is 5. The Balaban J connectivity index is 1.80. The Hall–Kier alpha value is -3.10. The molecule has 148 valence electrons.